The molecule has 0 spiro atoms. The maximum Gasteiger partial charge on any atom is 0.0559 e. The number of hydrogen-bond acceptors (Lipinski definition) is 2. The minimum Gasteiger partial charge on any atom is -0.304 e. The molecular weight excluding hydrogens is 256 g/mol. The summed E-state index contributed by atoms with van der Waals surface area (Å²) in [6, 6.07) is 8.08. The Morgan fingerprint density at radius 3 is 2.42 bits per heavy atom. The van der Waals surface area contributed by atoms with Crippen molar-refractivity contribution in [2.75, 3.05) is 33.2 Å². The average Bonchev–Trinajstić information content (AvgIpc) is 2.39. The van der Waals surface area contributed by atoms with E-state index in [9.17, 15) is 4.21 Å². The van der Waals surface area contributed by atoms with Crippen molar-refractivity contribution in [2.24, 2.45) is 0 Å². The van der Waals surface area contributed by atoms with Crippen LogP contribution in [0.5, 0.6) is 0 Å². The molecule has 106 valence electrons. The van der Waals surface area contributed by atoms with Gasteiger partial charge in [-0.05, 0) is 36.5 Å². The average molecular weight is 280 g/mol. The third kappa shape index (κ3) is 3.19. The summed E-state index contributed by atoms with van der Waals surface area (Å²) in [6.07, 6.45) is 0. The van der Waals surface area contributed by atoms with E-state index < -0.39 is 9.71 Å². The Morgan fingerprint density at radius 1 is 1.21 bits per heavy atom. The molecule has 1 unspecified atom stereocenters. The van der Waals surface area contributed by atoms with Crippen LogP contribution in [0.1, 0.15) is 25.3 Å². The topological polar surface area (TPSA) is 23.6 Å². The van der Waals surface area contributed by atoms with E-state index in [1.165, 1.54) is 5.56 Å². The summed E-state index contributed by atoms with van der Waals surface area (Å²) in [5.74, 6) is 4.47. The van der Waals surface area contributed by atoms with Crippen LogP contribution in [-0.4, -0.2) is 52.5 Å². The summed E-state index contributed by atoms with van der Waals surface area (Å²) in [5.41, 5.74) is 1.23. The number of benzene rings is 1. The molecule has 0 radical (unpaired) electrons. The van der Waals surface area contributed by atoms with Crippen molar-refractivity contribution in [1.29, 1.82) is 0 Å². The number of piperazine rings is 1. The van der Waals surface area contributed by atoms with Crippen LogP contribution in [0.2, 0.25) is 0 Å². The maximum absolute atomic E-state index is 13.0. The highest BCUT2D eigenvalue weighted by Gasteiger charge is 2.22. The number of hydrogen-bond donors (Lipinski definition) is 0. The molecule has 19 heavy (non-hydrogen) atoms. The molecule has 3 nitrogen and oxygen atoms in total. The second-order valence-corrected chi connectivity index (χ2v) is 7.87. The van der Waals surface area contributed by atoms with Gasteiger partial charge in [0.2, 0.25) is 0 Å². The van der Waals surface area contributed by atoms with Crippen molar-refractivity contribution >= 4 is 15.6 Å². The fraction of sp³-hybridized carbons (Fsp3) is 0.533. The summed E-state index contributed by atoms with van der Waals surface area (Å²) in [5, 5.41) is 0. The molecule has 1 aliphatic rings. The largest absolute Gasteiger partial charge is 0.304 e. The van der Waals surface area contributed by atoms with Crippen molar-refractivity contribution < 1.29 is 4.21 Å². The first-order valence-corrected chi connectivity index (χ1v) is 8.50. The van der Waals surface area contributed by atoms with Crippen LogP contribution >= 0.6 is 0 Å². The van der Waals surface area contributed by atoms with E-state index in [4.69, 9.17) is 0 Å². The van der Waals surface area contributed by atoms with Crippen LogP contribution in [0.15, 0.2) is 29.2 Å². The van der Waals surface area contributed by atoms with Crippen molar-refractivity contribution in [3.05, 3.63) is 29.8 Å². The number of rotatable bonds is 3. The minimum atomic E-state index is -2.33. The Hall–Kier alpha value is -0.840. The minimum absolute atomic E-state index is 0.447. The molecule has 4 heteroatoms. The molecule has 1 heterocycles. The van der Waals surface area contributed by atoms with Gasteiger partial charge < -0.3 is 4.90 Å². The predicted molar refractivity (Wildman–Crippen MR) is 83.1 cm³/mol. The maximum atomic E-state index is 13.0. The Morgan fingerprint density at radius 2 is 1.84 bits per heavy atom. The molecule has 1 aromatic rings. The smallest absolute Gasteiger partial charge is 0.0559 e. The van der Waals surface area contributed by atoms with E-state index >= 15 is 0 Å². The first-order valence-electron chi connectivity index (χ1n) is 6.82. The Bertz CT molecular complexity index is 529. The molecule has 1 fully saturated rings. The van der Waals surface area contributed by atoms with Crippen molar-refractivity contribution in [3.63, 3.8) is 0 Å². The standard InChI is InChI=1S/C15H24N2OS/c1-13(2)14-6-5-7-15(12-14)19(4,18)17-10-8-16(3)9-11-17/h5-7,12-13H,4,8-11H2,1-3H3. The van der Waals surface area contributed by atoms with Crippen LogP contribution in [-0.2, 0) is 9.71 Å². The normalized spacial score (nSPS) is 21.5. The molecule has 1 aromatic carbocycles. The second-order valence-electron chi connectivity index (χ2n) is 5.60. The quantitative estimate of drug-likeness (QED) is 0.791. The lowest BCUT2D eigenvalue weighted by Gasteiger charge is -2.34. The zero-order valence-electron chi connectivity index (χ0n) is 12.1. The second kappa shape index (κ2) is 5.65. The van der Waals surface area contributed by atoms with Crippen LogP contribution in [0.3, 0.4) is 0 Å². The van der Waals surface area contributed by atoms with Gasteiger partial charge in [-0.15, -0.1) is 0 Å². The molecule has 0 aliphatic carbocycles. The van der Waals surface area contributed by atoms with Crippen LogP contribution in [0.25, 0.3) is 0 Å². The lowest BCUT2D eigenvalue weighted by molar-refractivity contribution is 0.228. The van der Waals surface area contributed by atoms with Gasteiger partial charge in [-0.3, -0.25) is 0 Å². The lowest BCUT2D eigenvalue weighted by Crippen LogP contribution is -2.46. The highest BCUT2D eigenvalue weighted by atomic mass is 32.2. The molecular formula is C15H24N2OS. The van der Waals surface area contributed by atoms with Gasteiger partial charge in [0.1, 0.15) is 0 Å². The van der Waals surface area contributed by atoms with Crippen molar-refractivity contribution in [3.8, 4) is 0 Å². The molecule has 1 aliphatic heterocycles. The van der Waals surface area contributed by atoms with E-state index in [0.29, 0.717) is 5.92 Å². The monoisotopic (exact) mass is 280 g/mol. The molecule has 2 rings (SSSR count). The van der Waals surface area contributed by atoms with Gasteiger partial charge in [-0.25, -0.2) is 8.51 Å². The van der Waals surface area contributed by atoms with Gasteiger partial charge in [0.15, 0.2) is 0 Å². The number of nitrogens with zero attached hydrogens (tertiary/aromatic N) is 2. The lowest BCUT2D eigenvalue weighted by atomic mass is 10.0. The van der Waals surface area contributed by atoms with Gasteiger partial charge >= 0.3 is 0 Å². The SMILES string of the molecule is C=S(=O)(c1cccc(C(C)C)c1)N1CCN(C)CC1. The van der Waals surface area contributed by atoms with Gasteiger partial charge in [0.25, 0.3) is 0 Å². The Kier molecular flexibility index (Phi) is 4.33. The molecule has 0 bridgehead atoms. The van der Waals surface area contributed by atoms with Crippen molar-refractivity contribution in [2.45, 2.75) is 24.7 Å². The van der Waals surface area contributed by atoms with E-state index in [1.54, 1.807) is 0 Å². The summed E-state index contributed by atoms with van der Waals surface area (Å²) in [7, 11) is -0.236. The van der Waals surface area contributed by atoms with E-state index in [1.807, 2.05) is 16.4 Å². The summed E-state index contributed by atoms with van der Waals surface area (Å²) < 4.78 is 15.1. The van der Waals surface area contributed by atoms with Gasteiger partial charge in [-0.2, -0.15) is 0 Å². The third-order valence-electron chi connectivity index (χ3n) is 3.77. The Labute approximate surface area is 117 Å². The van der Waals surface area contributed by atoms with Gasteiger partial charge in [0.05, 0.1) is 9.71 Å². The van der Waals surface area contributed by atoms with Gasteiger partial charge in [0, 0.05) is 31.1 Å². The van der Waals surface area contributed by atoms with Crippen LogP contribution in [0.4, 0.5) is 0 Å². The summed E-state index contributed by atoms with van der Waals surface area (Å²) >= 11 is 0. The molecule has 0 saturated carbocycles. The summed E-state index contributed by atoms with van der Waals surface area (Å²) in [4.78, 5) is 3.12. The van der Waals surface area contributed by atoms with Crippen LogP contribution < -0.4 is 0 Å². The van der Waals surface area contributed by atoms with E-state index in [2.05, 4.69) is 43.8 Å². The molecule has 1 saturated heterocycles. The van der Waals surface area contributed by atoms with Gasteiger partial charge in [-0.1, -0.05) is 26.0 Å². The van der Waals surface area contributed by atoms with E-state index in [-0.39, 0.29) is 0 Å². The van der Waals surface area contributed by atoms with Crippen molar-refractivity contribution in [1.82, 2.24) is 9.21 Å². The fourth-order valence-corrected chi connectivity index (χ4v) is 3.97. The highest BCUT2D eigenvalue weighted by molar-refractivity contribution is 7.98. The molecule has 0 N–H and O–H groups in total. The molecule has 0 amide bonds. The third-order valence-corrected chi connectivity index (χ3v) is 5.96. The first kappa shape index (κ1) is 14.6. The van der Waals surface area contributed by atoms with E-state index in [0.717, 1.165) is 31.1 Å². The first-order chi connectivity index (χ1) is 8.91. The Balaban J connectivity index is 2.26. The molecule has 1 atom stereocenters. The molecule has 0 aromatic heterocycles. The zero-order chi connectivity index (χ0) is 14.0. The summed E-state index contributed by atoms with van der Waals surface area (Å²) in [6.45, 7) is 7.86. The zero-order valence-corrected chi connectivity index (χ0v) is 12.9. The fourth-order valence-electron chi connectivity index (χ4n) is 2.30. The highest BCUT2D eigenvalue weighted by Crippen LogP contribution is 2.22. The number of likely N-dealkylation sites (N-methyl/N-ethyl adjacent to an activating group) is 1. The van der Waals surface area contributed by atoms with Crippen LogP contribution in [0, 0.1) is 0 Å². The predicted octanol–water partition coefficient (Wildman–Crippen LogP) is 2.05.